The topological polar surface area (TPSA) is 43.3 Å². The quantitative estimate of drug-likeness (QED) is 0.225. The first kappa shape index (κ1) is 28.7. The average molecular weight is 591 g/mol. The predicted molar refractivity (Wildman–Crippen MR) is 146 cm³/mol. The molecule has 4 aromatic rings. The molecule has 0 saturated heterocycles. The minimum atomic E-state index is -4.81. The third-order valence-corrected chi connectivity index (χ3v) is 8.40. The van der Waals surface area contributed by atoms with E-state index in [2.05, 4.69) is 5.32 Å². The first-order chi connectivity index (χ1) is 19.5. The van der Waals surface area contributed by atoms with Crippen LogP contribution in [0.25, 0.3) is 11.1 Å². The third-order valence-electron chi connectivity index (χ3n) is 7.13. The van der Waals surface area contributed by atoms with Crippen LogP contribution in [0.2, 0.25) is 0 Å². The lowest BCUT2D eigenvalue weighted by Gasteiger charge is -2.22. The van der Waals surface area contributed by atoms with Crippen LogP contribution < -0.4 is 15.6 Å². The number of thioether (sulfide) groups is 1. The van der Waals surface area contributed by atoms with E-state index in [0.717, 1.165) is 18.2 Å². The number of rotatable bonds is 7. The highest BCUT2D eigenvalue weighted by atomic mass is 32.2. The SMILES string of the molecule is COc1cccc(-c2c(C)c(Cc3c(F)cccc3C(F)(F)F)c3n(c2=O)C(CNc2ccc(F)cc2)CS3)c1F. The molecular weight excluding hydrogens is 566 g/mol. The van der Waals surface area contributed by atoms with Gasteiger partial charge in [-0.25, -0.2) is 13.2 Å². The summed E-state index contributed by atoms with van der Waals surface area (Å²) in [7, 11) is 1.28. The fraction of sp³-hybridized carbons (Fsp3) is 0.233. The van der Waals surface area contributed by atoms with Gasteiger partial charge in [-0.15, -0.1) is 11.8 Å². The predicted octanol–water partition coefficient (Wildman–Crippen LogP) is 7.62. The van der Waals surface area contributed by atoms with Crippen molar-refractivity contribution in [1.82, 2.24) is 4.57 Å². The van der Waals surface area contributed by atoms with Crippen LogP contribution >= 0.6 is 11.8 Å². The number of pyridine rings is 1. The van der Waals surface area contributed by atoms with Crippen LogP contribution in [0.5, 0.6) is 5.75 Å². The fourth-order valence-corrected chi connectivity index (χ4v) is 6.48. The Morgan fingerprint density at radius 3 is 2.39 bits per heavy atom. The number of fused-ring (bicyclic) bond motifs is 1. The Morgan fingerprint density at radius 1 is 1.00 bits per heavy atom. The standard InChI is InChI=1S/C30H24F6N2O2S/c1-16-21(13-22-23(30(34,35)36)6-4-7-24(22)32)29-38(19(15-41-29)14-37-18-11-9-17(31)10-12-18)28(39)26(16)20-5-3-8-25(40-2)27(20)33/h3-12,19,37H,13-15H2,1-2H3. The van der Waals surface area contributed by atoms with Gasteiger partial charge in [0.25, 0.3) is 5.56 Å². The second kappa shape index (κ2) is 11.2. The van der Waals surface area contributed by atoms with E-state index in [1.54, 1.807) is 0 Å². The van der Waals surface area contributed by atoms with E-state index in [1.807, 2.05) is 0 Å². The number of benzene rings is 3. The highest BCUT2D eigenvalue weighted by Crippen LogP contribution is 2.42. The van der Waals surface area contributed by atoms with Crippen LogP contribution in [0.1, 0.15) is 28.3 Å². The Bertz CT molecular complexity index is 1670. The van der Waals surface area contributed by atoms with Crippen molar-refractivity contribution in [2.75, 3.05) is 24.7 Å². The molecule has 0 aliphatic carbocycles. The molecule has 1 atom stereocenters. The second-order valence-corrected chi connectivity index (χ2v) is 10.6. The molecule has 0 radical (unpaired) electrons. The number of ether oxygens (including phenoxy) is 1. The highest BCUT2D eigenvalue weighted by Gasteiger charge is 2.36. The van der Waals surface area contributed by atoms with Gasteiger partial charge < -0.3 is 10.1 Å². The van der Waals surface area contributed by atoms with Crippen molar-refractivity contribution in [3.05, 3.63) is 111 Å². The van der Waals surface area contributed by atoms with Gasteiger partial charge in [0.2, 0.25) is 0 Å². The Hall–Kier alpha value is -3.86. The molecule has 4 nitrogen and oxygen atoms in total. The van der Waals surface area contributed by atoms with Crippen molar-refractivity contribution >= 4 is 17.4 Å². The van der Waals surface area contributed by atoms with Crippen molar-refractivity contribution in [3.63, 3.8) is 0 Å². The summed E-state index contributed by atoms with van der Waals surface area (Å²) >= 11 is 1.26. The Kier molecular flexibility index (Phi) is 7.83. The molecule has 0 saturated carbocycles. The smallest absolute Gasteiger partial charge is 0.416 e. The van der Waals surface area contributed by atoms with Crippen molar-refractivity contribution in [3.8, 4) is 16.9 Å². The summed E-state index contributed by atoms with van der Waals surface area (Å²) in [6, 6.07) is 12.2. The number of hydrogen-bond acceptors (Lipinski definition) is 4. The Morgan fingerprint density at radius 2 is 1.71 bits per heavy atom. The zero-order valence-corrected chi connectivity index (χ0v) is 22.7. The molecule has 5 rings (SSSR count). The normalized spacial score (nSPS) is 14.7. The third kappa shape index (κ3) is 5.42. The summed E-state index contributed by atoms with van der Waals surface area (Å²) in [5.41, 5.74) is -1.17. The lowest BCUT2D eigenvalue weighted by atomic mass is 9.92. The van der Waals surface area contributed by atoms with E-state index in [9.17, 15) is 26.7 Å². The molecule has 1 N–H and O–H groups in total. The van der Waals surface area contributed by atoms with E-state index in [-0.39, 0.29) is 29.0 Å². The summed E-state index contributed by atoms with van der Waals surface area (Å²) in [6.07, 6.45) is -5.27. The van der Waals surface area contributed by atoms with Crippen molar-refractivity contribution in [1.29, 1.82) is 0 Å². The summed E-state index contributed by atoms with van der Waals surface area (Å²) in [6.45, 7) is 1.76. The van der Waals surface area contributed by atoms with E-state index < -0.39 is 52.8 Å². The van der Waals surface area contributed by atoms with Gasteiger partial charge in [0.15, 0.2) is 11.6 Å². The fourth-order valence-electron chi connectivity index (χ4n) is 5.09. The molecule has 1 aliphatic rings. The molecule has 1 unspecified atom stereocenters. The van der Waals surface area contributed by atoms with Crippen molar-refractivity contribution in [2.24, 2.45) is 0 Å². The molecule has 0 fully saturated rings. The average Bonchev–Trinajstić information content (AvgIpc) is 3.36. The van der Waals surface area contributed by atoms with E-state index in [4.69, 9.17) is 4.74 Å². The molecule has 0 amide bonds. The summed E-state index contributed by atoms with van der Waals surface area (Å²) < 4.78 is 91.9. The van der Waals surface area contributed by atoms with Crippen molar-refractivity contribution in [2.45, 2.75) is 30.6 Å². The number of aromatic nitrogens is 1. The van der Waals surface area contributed by atoms with Crippen LogP contribution in [-0.2, 0) is 12.6 Å². The van der Waals surface area contributed by atoms with Gasteiger partial charge >= 0.3 is 6.18 Å². The lowest BCUT2D eigenvalue weighted by Crippen LogP contribution is -2.31. The van der Waals surface area contributed by atoms with Gasteiger partial charge in [0.05, 0.1) is 29.3 Å². The molecule has 0 bridgehead atoms. The Balaban J connectivity index is 1.69. The second-order valence-electron chi connectivity index (χ2n) is 9.57. The molecule has 3 aromatic carbocycles. The van der Waals surface area contributed by atoms with Gasteiger partial charge in [0, 0.05) is 35.5 Å². The summed E-state index contributed by atoms with van der Waals surface area (Å²) in [4.78, 5) is 14.0. The van der Waals surface area contributed by atoms with Crippen LogP contribution in [-0.4, -0.2) is 24.0 Å². The number of halogens is 6. The monoisotopic (exact) mass is 590 g/mol. The highest BCUT2D eigenvalue weighted by molar-refractivity contribution is 7.99. The van der Waals surface area contributed by atoms with Gasteiger partial charge in [-0.3, -0.25) is 9.36 Å². The molecule has 1 aliphatic heterocycles. The molecule has 11 heteroatoms. The van der Waals surface area contributed by atoms with Gasteiger partial charge in [-0.05, 0) is 60.5 Å². The van der Waals surface area contributed by atoms with Gasteiger partial charge in [-0.1, -0.05) is 18.2 Å². The van der Waals surface area contributed by atoms with Crippen LogP contribution in [0.4, 0.5) is 32.0 Å². The number of hydrogen-bond donors (Lipinski definition) is 1. The van der Waals surface area contributed by atoms with E-state index >= 15 is 4.39 Å². The zero-order chi connectivity index (χ0) is 29.5. The summed E-state index contributed by atoms with van der Waals surface area (Å²) in [5.74, 6) is -1.97. The van der Waals surface area contributed by atoms with Crippen LogP contribution in [0, 0.1) is 24.4 Å². The molecule has 1 aromatic heterocycles. The first-order valence-electron chi connectivity index (χ1n) is 12.6. The zero-order valence-electron chi connectivity index (χ0n) is 21.9. The number of nitrogens with one attached hydrogen (secondary N) is 1. The molecule has 0 spiro atoms. The van der Waals surface area contributed by atoms with Gasteiger partial charge in [0.1, 0.15) is 11.6 Å². The van der Waals surface area contributed by atoms with Gasteiger partial charge in [-0.2, -0.15) is 13.2 Å². The summed E-state index contributed by atoms with van der Waals surface area (Å²) in [5, 5.41) is 3.54. The van der Waals surface area contributed by atoms with Crippen molar-refractivity contribution < 1.29 is 31.1 Å². The number of anilines is 1. The maximum atomic E-state index is 15.5. The van der Waals surface area contributed by atoms with E-state index in [0.29, 0.717) is 22.0 Å². The van der Waals surface area contributed by atoms with Crippen LogP contribution in [0.15, 0.2) is 70.5 Å². The Labute approximate surface area is 236 Å². The number of alkyl halides is 3. The minimum absolute atomic E-state index is 0.0423. The largest absolute Gasteiger partial charge is 0.494 e. The molecule has 41 heavy (non-hydrogen) atoms. The first-order valence-corrected chi connectivity index (χ1v) is 13.6. The number of nitrogens with zero attached hydrogens (tertiary/aromatic N) is 1. The maximum Gasteiger partial charge on any atom is 0.416 e. The number of methoxy groups -OCH3 is 1. The minimum Gasteiger partial charge on any atom is -0.494 e. The van der Waals surface area contributed by atoms with Crippen LogP contribution in [0.3, 0.4) is 0 Å². The molecule has 214 valence electrons. The molecular formula is C30H24F6N2O2S. The molecule has 2 heterocycles. The lowest BCUT2D eigenvalue weighted by molar-refractivity contribution is -0.138. The van der Waals surface area contributed by atoms with E-state index in [1.165, 1.54) is 72.8 Å². The maximum absolute atomic E-state index is 15.5.